The molecular weight excluding hydrogens is 293 g/mol. The van der Waals surface area contributed by atoms with Gasteiger partial charge in [-0.1, -0.05) is 35.3 Å². The van der Waals surface area contributed by atoms with E-state index in [1.165, 1.54) is 6.20 Å². The number of nitrogens with zero attached hydrogens (tertiary/aromatic N) is 3. The summed E-state index contributed by atoms with van der Waals surface area (Å²) in [5.41, 5.74) is 2.84. The summed E-state index contributed by atoms with van der Waals surface area (Å²) in [7, 11) is 0. The average Bonchev–Trinajstić information content (AvgIpc) is 2.48. The second kappa shape index (κ2) is 5.57. The Bertz CT molecular complexity index is 725. The van der Waals surface area contributed by atoms with Gasteiger partial charge in [-0.2, -0.15) is 0 Å². The number of halogens is 2. The van der Waals surface area contributed by atoms with Crippen molar-refractivity contribution in [1.29, 1.82) is 0 Å². The molecule has 0 saturated carbocycles. The lowest BCUT2D eigenvalue weighted by atomic mass is 10.1. The van der Waals surface area contributed by atoms with Gasteiger partial charge < -0.3 is 0 Å². The highest BCUT2D eigenvalue weighted by atomic mass is 35.5. The van der Waals surface area contributed by atoms with Gasteiger partial charge in [-0.25, -0.2) is 4.98 Å². The largest absolute Gasteiger partial charge is 0.255 e. The molecule has 0 aliphatic rings. The summed E-state index contributed by atoms with van der Waals surface area (Å²) in [6.45, 7) is 0. The van der Waals surface area contributed by atoms with E-state index in [0.29, 0.717) is 21.3 Å². The van der Waals surface area contributed by atoms with Gasteiger partial charge in [-0.05, 0) is 24.3 Å². The van der Waals surface area contributed by atoms with Gasteiger partial charge in [0.15, 0.2) is 0 Å². The zero-order chi connectivity index (χ0) is 13.9. The summed E-state index contributed by atoms with van der Waals surface area (Å²) in [5.74, 6) is 0. The molecule has 0 aliphatic heterocycles. The van der Waals surface area contributed by atoms with Crippen LogP contribution in [0.2, 0.25) is 10.0 Å². The number of hydrogen-bond acceptors (Lipinski definition) is 3. The van der Waals surface area contributed by atoms with Crippen molar-refractivity contribution >= 4 is 23.2 Å². The first-order valence-electron chi connectivity index (χ1n) is 5.86. The van der Waals surface area contributed by atoms with Gasteiger partial charge in [-0.3, -0.25) is 9.97 Å². The molecule has 0 unspecified atom stereocenters. The van der Waals surface area contributed by atoms with E-state index in [4.69, 9.17) is 23.2 Å². The molecule has 0 aliphatic carbocycles. The number of pyridine rings is 3. The van der Waals surface area contributed by atoms with Crippen LogP contribution in [0.1, 0.15) is 0 Å². The van der Waals surface area contributed by atoms with Crippen LogP contribution in [0.3, 0.4) is 0 Å². The maximum absolute atomic E-state index is 6.14. The van der Waals surface area contributed by atoms with Crippen LogP contribution in [0.25, 0.3) is 22.6 Å². The monoisotopic (exact) mass is 300 g/mol. The molecule has 0 amide bonds. The molecule has 20 heavy (non-hydrogen) atoms. The third-order valence-electron chi connectivity index (χ3n) is 2.73. The highest BCUT2D eigenvalue weighted by molar-refractivity contribution is 6.38. The molecule has 3 heterocycles. The Morgan fingerprint density at radius 1 is 0.900 bits per heavy atom. The second-order valence-electron chi connectivity index (χ2n) is 4.03. The van der Waals surface area contributed by atoms with Gasteiger partial charge in [-0.15, -0.1) is 0 Å². The molecule has 3 aromatic heterocycles. The Morgan fingerprint density at radius 2 is 1.70 bits per heavy atom. The number of hydrogen-bond donors (Lipinski definition) is 0. The van der Waals surface area contributed by atoms with E-state index in [2.05, 4.69) is 21.1 Å². The zero-order valence-corrected chi connectivity index (χ0v) is 11.7. The second-order valence-corrected chi connectivity index (χ2v) is 4.82. The maximum Gasteiger partial charge on any atom is 0.110 e. The van der Waals surface area contributed by atoms with Crippen molar-refractivity contribution in [1.82, 2.24) is 15.0 Å². The van der Waals surface area contributed by atoms with Gasteiger partial charge in [0, 0.05) is 18.0 Å². The molecule has 0 saturated heterocycles. The van der Waals surface area contributed by atoms with Crippen LogP contribution >= 0.6 is 23.2 Å². The summed E-state index contributed by atoms with van der Waals surface area (Å²) < 4.78 is 0. The van der Waals surface area contributed by atoms with Crippen LogP contribution in [0, 0.1) is 6.20 Å². The summed E-state index contributed by atoms with van der Waals surface area (Å²) in [4.78, 5) is 12.7. The van der Waals surface area contributed by atoms with E-state index in [0.717, 1.165) is 11.4 Å². The Kier molecular flexibility index (Phi) is 3.63. The van der Waals surface area contributed by atoms with Crippen molar-refractivity contribution in [3.05, 3.63) is 65.0 Å². The highest BCUT2D eigenvalue weighted by Crippen LogP contribution is 2.32. The van der Waals surface area contributed by atoms with Crippen molar-refractivity contribution in [2.45, 2.75) is 0 Å². The van der Waals surface area contributed by atoms with Gasteiger partial charge in [0.05, 0.1) is 27.1 Å². The van der Waals surface area contributed by atoms with E-state index in [-0.39, 0.29) is 0 Å². The molecule has 1 radical (unpaired) electrons. The minimum atomic E-state index is 0.350. The van der Waals surface area contributed by atoms with Gasteiger partial charge in [0.25, 0.3) is 0 Å². The predicted molar refractivity (Wildman–Crippen MR) is 79.6 cm³/mol. The molecular formula is C15H8Cl2N3. The Labute approximate surface area is 126 Å². The highest BCUT2D eigenvalue weighted by Gasteiger charge is 2.11. The minimum Gasteiger partial charge on any atom is -0.255 e. The SMILES string of the molecule is Clc1[c]ncc(Cl)c1-c1cccc(-c2ccccn2)n1. The van der Waals surface area contributed by atoms with Gasteiger partial charge in [0.1, 0.15) is 6.20 Å². The first kappa shape index (κ1) is 13.0. The third-order valence-corrected chi connectivity index (χ3v) is 3.29. The molecule has 0 N–H and O–H groups in total. The Hall–Kier alpha value is -1.97. The topological polar surface area (TPSA) is 38.7 Å². The fraction of sp³-hybridized carbons (Fsp3) is 0. The molecule has 0 bridgehead atoms. The molecule has 3 nitrogen and oxygen atoms in total. The van der Waals surface area contributed by atoms with Crippen molar-refractivity contribution in [3.8, 4) is 22.6 Å². The van der Waals surface area contributed by atoms with Crippen LogP contribution in [-0.4, -0.2) is 15.0 Å². The van der Waals surface area contributed by atoms with Crippen LogP contribution in [0.4, 0.5) is 0 Å². The van der Waals surface area contributed by atoms with E-state index in [9.17, 15) is 0 Å². The first-order chi connectivity index (χ1) is 9.75. The molecule has 5 heteroatoms. The normalized spacial score (nSPS) is 10.5. The number of aromatic nitrogens is 3. The molecule has 0 atom stereocenters. The van der Waals surface area contributed by atoms with Crippen molar-refractivity contribution < 1.29 is 0 Å². The summed E-state index contributed by atoms with van der Waals surface area (Å²) in [6, 6.07) is 11.3. The molecule has 0 aromatic carbocycles. The Balaban J connectivity index is 2.13. The van der Waals surface area contributed by atoms with Crippen LogP contribution in [0.5, 0.6) is 0 Å². The first-order valence-corrected chi connectivity index (χ1v) is 6.62. The lowest BCUT2D eigenvalue weighted by Crippen LogP contribution is -1.91. The van der Waals surface area contributed by atoms with Gasteiger partial charge >= 0.3 is 0 Å². The quantitative estimate of drug-likeness (QED) is 0.708. The summed E-state index contributed by atoms with van der Waals surface area (Å²) >= 11 is 12.2. The lowest BCUT2D eigenvalue weighted by molar-refractivity contribution is 1.24. The fourth-order valence-electron chi connectivity index (χ4n) is 1.84. The summed E-state index contributed by atoms with van der Waals surface area (Å²) in [6.07, 6.45) is 5.90. The Morgan fingerprint density at radius 3 is 2.45 bits per heavy atom. The van der Waals surface area contributed by atoms with E-state index in [1.54, 1.807) is 6.20 Å². The lowest BCUT2D eigenvalue weighted by Gasteiger charge is -2.07. The molecule has 0 fully saturated rings. The molecule has 0 spiro atoms. The predicted octanol–water partition coefficient (Wildman–Crippen LogP) is 4.31. The molecule has 3 aromatic rings. The number of rotatable bonds is 2. The molecule has 97 valence electrons. The van der Waals surface area contributed by atoms with Crippen molar-refractivity contribution in [2.75, 3.05) is 0 Å². The zero-order valence-electron chi connectivity index (χ0n) is 10.2. The van der Waals surface area contributed by atoms with E-state index < -0.39 is 0 Å². The van der Waals surface area contributed by atoms with Gasteiger partial charge in [0.2, 0.25) is 0 Å². The average molecular weight is 301 g/mol. The fourth-order valence-corrected chi connectivity index (χ4v) is 2.37. The maximum atomic E-state index is 6.14. The van der Waals surface area contributed by atoms with Crippen LogP contribution < -0.4 is 0 Å². The smallest absolute Gasteiger partial charge is 0.110 e. The standard InChI is InChI=1S/C15H8Cl2N3/c16-10-8-18-9-11(17)15(10)14-6-3-5-13(20-14)12-4-1-2-7-19-12/h1-8H. The van der Waals surface area contributed by atoms with E-state index in [1.807, 2.05) is 36.4 Å². The van der Waals surface area contributed by atoms with Crippen molar-refractivity contribution in [2.24, 2.45) is 0 Å². The van der Waals surface area contributed by atoms with Crippen LogP contribution in [-0.2, 0) is 0 Å². The summed E-state index contributed by atoms with van der Waals surface area (Å²) in [5, 5.41) is 0.794. The molecule has 3 rings (SSSR count). The third kappa shape index (κ3) is 2.50. The minimum absolute atomic E-state index is 0.350. The van der Waals surface area contributed by atoms with Crippen LogP contribution in [0.15, 0.2) is 48.8 Å². The van der Waals surface area contributed by atoms with E-state index >= 15 is 0 Å². The van der Waals surface area contributed by atoms with Crippen molar-refractivity contribution in [3.63, 3.8) is 0 Å².